The van der Waals surface area contributed by atoms with Crippen molar-refractivity contribution in [3.05, 3.63) is 83.9 Å². The maximum absolute atomic E-state index is 11.0. The first kappa shape index (κ1) is 22.0. The van der Waals surface area contributed by atoms with Crippen LogP contribution in [-0.2, 0) is 0 Å². The summed E-state index contributed by atoms with van der Waals surface area (Å²) in [5.41, 5.74) is 25.6. The smallest absolute Gasteiger partial charge is 0.337 e. The van der Waals surface area contributed by atoms with Crippen LogP contribution >= 0.6 is 0 Å². The Bertz CT molecular complexity index is 1230. The normalized spacial score (nSPS) is 10.2. The van der Waals surface area contributed by atoms with Gasteiger partial charge in [-0.15, -0.1) is 0 Å². The van der Waals surface area contributed by atoms with E-state index in [1.54, 1.807) is 12.1 Å². The summed E-state index contributed by atoms with van der Waals surface area (Å²) < 4.78 is 0. The molecule has 0 aliphatic carbocycles. The summed E-state index contributed by atoms with van der Waals surface area (Å²) in [6.07, 6.45) is 0. The third-order valence-corrected chi connectivity index (χ3v) is 4.89. The Kier molecular flexibility index (Phi) is 6.16. The number of carbonyl (C=O) groups is 2. The molecule has 0 aliphatic rings. The van der Waals surface area contributed by atoms with Crippen LogP contribution < -0.4 is 22.9 Å². The number of nitrogen functional groups attached to an aromatic ring is 4. The van der Waals surface area contributed by atoms with E-state index in [2.05, 4.69) is 0 Å². The number of carboxylic acid groups (broad SMARTS) is 2. The molecule has 0 saturated heterocycles. The summed E-state index contributed by atoms with van der Waals surface area (Å²) in [5.74, 6) is -2.28. The van der Waals surface area contributed by atoms with Crippen LogP contribution in [0.2, 0.25) is 0 Å². The summed E-state index contributed by atoms with van der Waals surface area (Å²) in [6, 6.07) is 20.5. The molecule has 0 aromatic heterocycles. The lowest BCUT2D eigenvalue weighted by Gasteiger charge is -2.08. The highest BCUT2D eigenvalue weighted by atomic mass is 16.4. The van der Waals surface area contributed by atoms with Crippen LogP contribution in [0.25, 0.3) is 21.9 Å². The van der Waals surface area contributed by atoms with Crippen LogP contribution in [0.5, 0.6) is 0 Å². The number of aromatic carboxylic acids is 2. The number of benzene rings is 4. The van der Waals surface area contributed by atoms with Gasteiger partial charge in [-0.05, 0) is 47.5 Å². The van der Waals surface area contributed by atoms with Crippen molar-refractivity contribution in [1.82, 2.24) is 0 Å². The first-order chi connectivity index (χ1) is 15.2. The van der Waals surface area contributed by atoms with Crippen molar-refractivity contribution >= 4 is 45.5 Å². The minimum absolute atomic E-state index is 0.0313. The Morgan fingerprint density at radius 2 is 0.906 bits per heavy atom. The summed E-state index contributed by atoms with van der Waals surface area (Å²) in [5, 5.41) is 20.1. The summed E-state index contributed by atoms with van der Waals surface area (Å²) in [7, 11) is 0. The van der Waals surface area contributed by atoms with E-state index in [-0.39, 0.29) is 22.5 Å². The lowest BCUT2D eigenvalue weighted by Crippen LogP contribution is -2.04. The molecular weight excluding hydrogens is 408 g/mol. The largest absolute Gasteiger partial charge is 0.478 e. The first-order valence-corrected chi connectivity index (χ1v) is 9.47. The van der Waals surface area contributed by atoms with Gasteiger partial charge in [-0.2, -0.15) is 0 Å². The molecule has 4 rings (SSSR count). The highest BCUT2D eigenvalue weighted by Crippen LogP contribution is 2.27. The Labute approximate surface area is 183 Å². The standard InChI is InChI=1S/C14H12N2O4.C10H10N2/c15-11-3-1-7(5-9(11)13(17)18)8-2-4-12(16)10(6-8)14(19)20;11-9-5-1-3-7-8(9)4-2-6-10(7)12/h1-6H,15-16H2,(H,17,18)(H,19,20);1-6H,11-12H2. The molecule has 8 heteroatoms. The molecule has 162 valence electrons. The highest BCUT2D eigenvalue weighted by molar-refractivity contribution is 6.00. The van der Waals surface area contributed by atoms with Crippen molar-refractivity contribution in [2.75, 3.05) is 22.9 Å². The van der Waals surface area contributed by atoms with E-state index in [4.69, 9.17) is 33.1 Å². The van der Waals surface area contributed by atoms with Gasteiger partial charge in [0, 0.05) is 33.5 Å². The SMILES string of the molecule is Nc1ccc(-c2ccc(N)c(C(=O)O)c2)cc1C(=O)O.Nc1cccc2c(N)cccc12. The number of rotatable bonds is 3. The monoisotopic (exact) mass is 430 g/mol. The quantitative estimate of drug-likeness (QED) is 0.265. The second kappa shape index (κ2) is 8.97. The van der Waals surface area contributed by atoms with E-state index in [0.717, 1.165) is 22.1 Å². The van der Waals surface area contributed by atoms with Gasteiger partial charge in [-0.1, -0.05) is 36.4 Å². The average molecular weight is 430 g/mol. The molecule has 0 bridgehead atoms. The van der Waals surface area contributed by atoms with Gasteiger partial charge >= 0.3 is 11.9 Å². The van der Waals surface area contributed by atoms with E-state index >= 15 is 0 Å². The number of fused-ring (bicyclic) bond motifs is 1. The van der Waals surface area contributed by atoms with E-state index < -0.39 is 11.9 Å². The Hall–Kier alpha value is -4.72. The molecular formula is C24H22N4O4. The third-order valence-electron chi connectivity index (χ3n) is 4.89. The molecule has 0 spiro atoms. The van der Waals surface area contributed by atoms with Gasteiger partial charge < -0.3 is 33.1 Å². The molecule has 10 N–H and O–H groups in total. The lowest BCUT2D eigenvalue weighted by molar-refractivity contribution is 0.0687. The molecule has 0 amide bonds. The average Bonchev–Trinajstić information content (AvgIpc) is 2.75. The minimum atomic E-state index is -1.14. The van der Waals surface area contributed by atoms with Crippen LogP contribution in [0.3, 0.4) is 0 Å². The van der Waals surface area contributed by atoms with E-state index in [0.29, 0.717) is 11.1 Å². The number of hydrogen-bond acceptors (Lipinski definition) is 6. The lowest BCUT2D eigenvalue weighted by atomic mass is 9.99. The van der Waals surface area contributed by atoms with Gasteiger partial charge in [0.1, 0.15) is 0 Å². The van der Waals surface area contributed by atoms with Gasteiger partial charge in [0.2, 0.25) is 0 Å². The van der Waals surface area contributed by atoms with Gasteiger partial charge in [0.05, 0.1) is 11.1 Å². The number of anilines is 4. The zero-order valence-corrected chi connectivity index (χ0v) is 16.9. The fourth-order valence-corrected chi connectivity index (χ4v) is 3.20. The minimum Gasteiger partial charge on any atom is -0.478 e. The number of hydrogen-bond donors (Lipinski definition) is 6. The van der Waals surface area contributed by atoms with Crippen molar-refractivity contribution in [1.29, 1.82) is 0 Å². The molecule has 4 aromatic rings. The highest BCUT2D eigenvalue weighted by Gasteiger charge is 2.13. The Balaban J connectivity index is 0.000000204. The maximum atomic E-state index is 11.0. The Morgan fingerprint density at radius 1 is 0.531 bits per heavy atom. The second-order valence-electron chi connectivity index (χ2n) is 7.00. The second-order valence-corrected chi connectivity index (χ2v) is 7.00. The van der Waals surface area contributed by atoms with E-state index in [1.807, 2.05) is 36.4 Å². The summed E-state index contributed by atoms with van der Waals surface area (Å²) in [4.78, 5) is 22.1. The number of nitrogens with two attached hydrogens (primary N) is 4. The van der Waals surface area contributed by atoms with Crippen molar-refractivity contribution in [2.24, 2.45) is 0 Å². The fraction of sp³-hybridized carbons (Fsp3) is 0. The number of carboxylic acids is 2. The molecule has 0 atom stereocenters. The van der Waals surface area contributed by atoms with Crippen molar-refractivity contribution in [3.63, 3.8) is 0 Å². The zero-order valence-electron chi connectivity index (χ0n) is 16.9. The van der Waals surface area contributed by atoms with Crippen LogP contribution in [0, 0.1) is 0 Å². The zero-order chi connectivity index (χ0) is 23.4. The molecule has 8 nitrogen and oxygen atoms in total. The van der Waals surface area contributed by atoms with Crippen LogP contribution in [0.15, 0.2) is 72.8 Å². The third kappa shape index (κ3) is 4.54. The van der Waals surface area contributed by atoms with Crippen LogP contribution in [-0.4, -0.2) is 22.2 Å². The fourth-order valence-electron chi connectivity index (χ4n) is 3.20. The maximum Gasteiger partial charge on any atom is 0.337 e. The van der Waals surface area contributed by atoms with Gasteiger partial charge in [0.15, 0.2) is 0 Å². The van der Waals surface area contributed by atoms with Crippen molar-refractivity contribution in [3.8, 4) is 11.1 Å². The van der Waals surface area contributed by atoms with E-state index in [9.17, 15) is 9.59 Å². The first-order valence-electron chi connectivity index (χ1n) is 9.47. The van der Waals surface area contributed by atoms with E-state index in [1.165, 1.54) is 24.3 Å². The summed E-state index contributed by atoms with van der Waals surface area (Å²) in [6.45, 7) is 0. The molecule has 0 saturated carbocycles. The predicted octanol–water partition coefficient (Wildman–Crippen LogP) is 3.92. The molecule has 0 fully saturated rings. The molecule has 0 radical (unpaired) electrons. The van der Waals surface area contributed by atoms with Crippen molar-refractivity contribution in [2.45, 2.75) is 0 Å². The molecule has 4 aromatic carbocycles. The summed E-state index contributed by atoms with van der Waals surface area (Å²) >= 11 is 0. The molecule has 0 heterocycles. The Morgan fingerprint density at radius 3 is 1.25 bits per heavy atom. The molecule has 32 heavy (non-hydrogen) atoms. The van der Waals surface area contributed by atoms with Crippen LogP contribution in [0.1, 0.15) is 20.7 Å². The topological polar surface area (TPSA) is 179 Å². The van der Waals surface area contributed by atoms with Gasteiger partial charge in [-0.3, -0.25) is 0 Å². The van der Waals surface area contributed by atoms with Crippen molar-refractivity contribution < 1.29 is 19.8 Å². The molecule has 0 unspecified atom stereocenters. The van der Waals surface area contributed by atoms with Crippen LogP contribution in [0.4, 0.5) is 22.7 Å². The van der Waals surface area contributed by atoms with Gasteiger partial charge in [-0.25, -0.2) is 9.59 Å². The predicted molar refractivity (Wildman–Crippen MR) is 127 cm³/mol. The van der Waals surface area contributed by atoms with Gasteiger partial charge in [0.25, 0.3) is 0 Å². The molecule has 0 aliphatic heterocycles.